The molecule has 164 valence electrons. The number of methoxy groups -OCH3 is 1. The fraction of sp³-hybridized carbons (Fsp3) is 0.0769. The van der Waals surface area contributed by atoms with Gasteiger partial charge in [-0.2, -0.15) is 0 Å². The van der Waals surface area contributed by atoms with Crippen molar-refractivity contribution in [3.8, 4) is 17.0 Å². The van der Waals surface area contributed by atoms with Gasteiger partial charge in [0, 0.05) is 16.5 Å². The third-order valence-corrected chi connectivity index (χ3v) is 5.11. The fourth-order valence-electron chi connectivity index (χ4n) is 3.46. The Hall–Kier alpha value is -4.52. The summed E-state index contributed by atoms with van der Waals surface area (Å²) in [4.78, 5) is 42.3. The van der Waals surface area contributed by atoms with Crippen LogP contribution in [0.25, 0.3) is 22.2 Å². The molecule has 0 radical (unpaired) electrons. The largest absolute Gasteiger partial charge is 0.495 e. The van der Waals surface area contributed by atoms with Crippen LogP contribution in [-0.2, 0) is 0 Å². The van der Waals surface area contributed by atoms with Gasteiger partial charge in [-0.1, -0.05) is 42.5 Å². The van der Waals surface area contributed by atoms with Gasteiger partial charge in [0.25, 0.3) is 5.91 Å². The Morgan fingerprint density at radius 3 is 2.33 bits per heavy atom. The molecule has 4 rings (SSSR count). The molecule has 0 saturated carbocycles. The maximum absolute atomic E-state index is 13.2. The van der Waals surface area contributed by atoms with E-state index in [-0.39, 0.29) is 11.3 Å². The van der Waals surface area contributed by atoms with Gasteiger partial charge in [0.2, 0.25) is 0 Å². The molecule has 0 aliphatic rings. The normalized spacial score (nSPS) is 10.5. The zero-order valence-electron chi connectivity index (χ0n) is 18.1. The van der Waals surface area contributed by atoms with Gasteiger partial charge in [-0.3, -0.25) is 14.9 Å². The number of aromatic nitrogens is 1. The monoisotopic (exact) mass is 439 g/mol. The lowest BCUT2D eigenvalue weighted by Crippen LogP contribution is -2.34. The number of nitrogens with zero attached hydrogens (tertiary/aromatic N) is 1. The topological polar surface area (TPSA) is 97.4 Å². The molecule has 3 aromatic carbocycles. The number of hydrogen-bond acceptors (Lipinski definition) is 5. The Morgan fingerprint density at radius 2 is 1.61 bits per heavy atom. The van der Waals surface area contributed by atoms with Gasteiger partial charge in [0.15, 0.2) is 5.78 Å². The van der Waals surface area contributed by atoms with Crippen LogP contribution >= 0.6 is 0 Å². The number of pyridine rings is 1. The number of para-hydroxylation sites is 2. The molecule has 0 aliphatic heterocycles. The summed E-state index contributed by atoms with van der Waals surface area (Å²) in [5.74, 6) is -0.288. The van der Waals surface area contributed by atoms with Gasteiger partial charge >= 0.3 is 6.03 Å². The quantitative estimate of drug-likeness (QED) is 0.423. The van der Waals surface area contributed by atoms with Crippen LogP contribution in [0.5, 0.6) is 5.75 Å². The summed E-state index contributed by atoms with van der Waals surface area (Å²) in [7, 11) is 1.49. The number of benzene rings is 3. The summed E-state index contributed by atoms with van der Waals surface area (Å²) in [6.45, 7) is 1.45. The van der Waals surface area contributed by atoms with Crippen molar-refractivity contribution in [1.29, 1.82) is 0 Å². The maximum atomic E-state index is 13.2. The molecule has 0 fully saturated rings. The third-order valence-electron chi connectivity index (χ3n) is 5.11. The van der Waals surface area contributed by atoms with Gasteiger partial charge in [0.05, 0.1) is 29.6 Å². The van der Waals surface area contributed by atoms with E-state index in [4.69, 9.17) is 4.74 Å². The number of carbonyl (C=O) groups excluding carboxylic acids is 3. The van der Waals surface area contributed by atoms with E-state index in [2.05, 4.69) is 15.6 Å². The molecular formula is C26H21N3O4. The minimum atomic E-state index is -0.710. The Kier molecular flexibility index (Phi) is 6.13. The van der Waals surface area contributed by atoms with E-state index in [1.165, 1.54) is 14.0 Å². The third kappa shape index (κ3) is 4.72. The summed E-state index contributed by atoms with van der Waals surface area (Å²) in [5, 5.41) is 5.46. The van der Waals surface area contributed by atoms with Gasteiger partial charge < -0.3 is 10.1 Å². The lowest BCUT2D eigenvalue weighted by atomic mass is 10.0. The van der Waals surface area contributed by atoms with Crippen molar-refractivity contribution in [1.82, 2.24) is 10.3 Å². The second-order valence-electron chi connectivity index (χ2n) is 7.32. The summed E-state index contributed by atoms with van der Waals surface area (Å²) < 4.78 is 5.23. The molecule has 0 aliphatic carbocycles. The zero-order chi connectivity index (χ0) is 23.4. The predicted molar refractivity (Wildman–Crippen MR) is 127 cm³/mol. The molecule has 4 aromatic rings. The fourth-order valence-corrected chi connectivity index (χ4v) is 3.46. The average molecular weight is 439 g/mol. The summed E-state index contributed by atoms with van der Waals surface area (Å²) in [6, 6.07) is 22.2. The summed E-state index contributed by atoms with van der Waals surface area (Å²) in [6.07, 6.45) is 0. The number of rotatable bonds is 5. The lowest BCUT2D eigenvalue weighted by molar-refractivity contribution is 0.0966. The number of hydrogen-bond donors (Lipinski definition) is 2. The maximum Gasteiger partial charge on any atom is 0.326 e. The highest BCUT2D eigenvalue weighted by Crippen LogP contribution is 2.26. The smallest absolute Gasteiger partial charge is 0.326 e. The molecular weight excluding hydrogens is 418 g/mol. The number of ketones is 1. The van der Waals surface area contributed by atoms with Gasteiger partial charge in [-0.05, 0) is 43.3 Å². The highest BCUT2D eigenvalue weighted by molar-refractivity contribution is 6.15. The van der Waals surface area contributed by atoms with Crippen LogP contribution in [0.1, 0.15) is 27.6 Å². The first kappa shape index (κ1) is 21.7. The zero-order valence-corrected chi connectivity index (χ0v) is 18.1. The predicted octanol–water partition coefficient (Wildman–Crippen LogP) is 5.07. The summed E-state index contributed by atoms with van der Waals surface area (Å²) >= 11 is 0. The van der Waals surface area contributed by atoms with Crippen molar-refractivity contribution in [2.45, 2.75) is 6.92 Å². The molecule has 0 saturated heterocycles. The van der Waals surface area contributed by atoms with E-state index in [1.54, 1.807) is 48.5 Å². The molecule has 0 unspecified atom stereocenters. The second-order valence-corrected chi connectivity index (χ2v) is 7.32. The second kappa shape index (κ2) is 9.32. The molecule has 7 nitrogen and oxygen atoms in total. The van der Waals surface area contributed by atoms with Crippen LogP contribution in [0.3, 0.4) is 0 Å². The Balaban J connectivity index is 1.72. The van der Waals surface area contributed by atoms with Crippen molar-refractivity contribution < 1.29 is 19.1 Å². The number of Topliss-reactive ketones (excluding diaryl/α,β-unsaturated/α-hetero) is 1. The number of urea groups is 1. The standard InChI is InChI=1S/C26H21N3O4/c1-16(30)18-12-13-21-19(14-18)20(15-23(27-21)17-8-4-3-5-9-17)25(31)29-26(32)28-22-10-6-7-11-24(22)33-2/h3-15H,1-2H3,(H2,28,29,31,32). The van der Waals surface area contributed by atoms with E-state index in [1.807, 2.05) is 30.3 Å². The van der Waals surface area contributed by atoms with Crippen LogP contribution in [0, 0.1) is 0 Å². The molecule has 1 heterocycles. The Bertz CT molecular complexity index is 1370. The highest BCUT2D eigenvalue weighted by atomic mass is 16.5. The van der Waals surface area contributed by atoms with Crippen molar-refractivity contribution in [3.05, 3.63) is 90.0 Å². The molecule has 2 N–H and O–H groups in total. The Labute approximate surface area is 190 Å². The minimum Gasteiger partial charge on any atom is -0.495 e. The molecule has 33 heavy (non-hydrogen) atoms. The van der Waals surface area contributed by atoms with Crippen LogP contribution < -0.4 is 15.4 Å². The van der Waals surface area contributed by atoms with Crippen molar-refractivity contribution in [2.75, 3.05) is 12.4 Å². The number of imide groups is 1. The Morgan fingerprint density at radius 1 is 0.879 bits per heavy atom. The molecule has 0 spiro atoms. The van der Waals surface area contributed by atoms with E-state index in [0.717, 1.165) is 5.56 Å². The first-order valence-corrected chi connectivity index (χ1v) is 10.2. The first-order valence-electron chi connectivity index (χ1n) is 10.2. The van der Waals surface area contributed by atoms with Crippen LogP contribution in [-0.4, -0.2) is 29.8 Å². The van der Waals surface area contributed by atoms with E-state index in [9.17, 15) is 14.4 Å². The minimum absolute atomic E-state index is 0.135. The highest BCUT2D eigenvalue weighted by Gasteiger charge is 2.18. The number of nitrogens with one attached hydrogen (secondary N) is 2. The first-order chi connectivity index (χ1) is 16.0. The van der Waals surface area contributed by atoms with E-state index < -0.39 is 11.9 Å². The van der Waals surface area contributed by atoms with Crippen LogP contribution in [0.4, 0.5) is 10.5 Å². The molecule has 0 atom stereocenters. The molecule has 1 aromatic heterocycles. The molecule has 7 heteroatoms. The number of fused-ring (bicyclic) bond motifs is 1. The average Bonchev–Trinajstić information content (AvgIpc) is 2.83. The van der Waals surface area contributed by atoms with Crippen LogP contribution in [0.2, 0.25) is 0 Å². The number of amides is 3. The van der Waals surface area contributed by atoms with Gasteiger partial charge in [0.1, 0.15) is 5.75 Å². The van der Waals surface area contributed by atoms with Crippen molar-refractivity contribution >= 4 is 34.3 Å². The van der Waals surface area contributed by atoms with E-state index in [0.29, 0.717) is 33.6 Å². The number of carbonyl (C=O) groups is 3. The van der Waals surface area contributed by atoms with Gasteiger partial charge in [-0.15, -0.1) is 0 Å². The molecule has 0 bridgehead atoms. The number of ether oxygens (including phenoxy) is 1. The van der Waals surface area contributed by atoms with Crippen LogP contribution in [0.15, 0.2) is 78.9 Å². The SMILES string of the molecule is COc1ccccc1NC(=O)NC(=O)c1cc(-c2ccccc2)nc2ccc(C(C)=O)cc12. The number of anilines is 1. The van der Waals surface area contributed by atoms with Crippen molar-refractivity contribution in [2.24, 2.45) is 0 Å². The summed E-state index contributed by atoms with van der Waals surface area (Å²) in [5.41, 5.74) is 3.04. The van der Waals surface area contributed by atoms with Crippen molar-refractivity contribution in [3.63, 3.8) is 0 Å². The van der Waals surface area contributed by atoms with E-state index >= 15 is 0 Å². The van der Waals surface area contributed by atoms with Gasteiger partial charge in [-0.25, -0.2) is 9.78 Å². The lowest BCUT2D eigenvalue weighted by Gasteiger charge is -2.13. The molecule has 3 amide bonds.